The Morgan fingerprint density at radius 1 is 0.818 bits per heavy atom. The third kappa shape index (κ3) is 3.38. The lowest BCUT2D eigenvalue weighted by atomic mass is 9.88. The summed E-state index contributed by atoms with van der Waals surface area (Å²) >= 11 is 0. The number of carbonyl (C=O) groups excluding carboxylic acids is 2. The molecule has 0 aliphatic carbocycles. The number of para-hydroxylation sites is 2. The molecule has 8 heteroatoms. The van der Waals surface area contributed by atoms with Crippen LogP contribution in [-0.4, -0.2) is 17.9 Å². The normalized spacial score (nSPS) is 22.7. The predicted molar refractivity (Wildman–Crippen MR) is 115 cm³/mol. The van der Waals surface area contributed by atoms with E-state index >= 15 is 0 Å². The molecule has 33 heavy (non-hydrogen) atoms. The molecule has 2 fully saturated rings. The van der Waals surface area contributed by atoms with Crippen LogP contribution < -0.4 is 9.96 Å². The largest absolute Gasteiger partial charge is 0.418 e. The van der Waals surface area contributed by atoms with Crippen LogP contribution in [0.3, 0.4) is 0 Å². The molecular weight excluding hydrogens is 433 g/mol. The van der Waals surface area contributed by atoms with Gasteiger partial charge in [-0.15, -0.1) is 0 Å². The third-order valence-electron chi connectivity index (χ3n) is 6.08. The first-order valence-corrected chi connectivity index (χ1v) is 10.4. The van der Waals surface area contributed by atoms with E-state index in [4.69, 9.17) is 4.84 Å². The Bertz CT molecular complexity index is 1230. The Hall–Kier alpha value is -3.65. The molecular formula is C25H19F3N2O3. The monoisotopic (exact) mass is 452 g/mol. The molecule has 0 spiro atoms. The zero-order valence-electron chi connectivity index (χ0n) is 17.5. The number of imide groups is 1. The number of hydrogen-bond donors (Lipinski definition) is 0. The fraction of sp³-hybridized carbons (Fsp3) is 0.200. The van der Waals surface area contributed by atoms with Crippen molar-refractivity contribution in [3.63, 3.8) is 0 Å². The van der Waals surface area contributed by atoms with Gasteiger partial charge in [0.05, 0.1) is 23.0 Å². The fourth-order valence-corrected chi connectivity index (χ4v) is 4.59. The van der Waals surface area contributed by atoms with E-state index in [2.05, 4.69) is 0 Å². The van der Waals surface area contributed by atoms with Gasteiger partial charge in [0.1, 0.15) is 5.92 Å². The van der Waals surface area contributed by atoms with Crippen molar-refractivity contribution in [1.29, 1.82) is 0 Å². The first-order chi connectivity index (χ1) is 15.8. The van der Waals surface area contributed by atoms with E-state index in [1.165, 1.54) is 17.2 Å². The van der Waals surface area contributed by atoms with Gasteiger partial charge in [0.2, 0.25) is 5.91 Å². The first kappa shape index (κ1) is 21.2. The van der Waals surface area contributed by atoms with Crippen LogP contribution in [0.4, 0.5) is 24.5 Å². The average molecular weight is 452 g/mol. The summed E-state index contributed by atoms with van der Waals surface area (Å²) in [5.41, 5.74) is 0.762. The topological polar surface area (TPSA) is 49.9 Å². The summed E-state index contributed by atoms with van der Waals surface area (Å²) in [7, 11) is 0. The second-order valence-electron chi connectivity index (χ2n) is 8.04. The Kier molecular flexibility index (Phi) is 4.97. The van der Waals surface area contributed by atoms with Crippen LogP contribution in [-0.2, 0) is 20.6 Å². The Morgan fingerprint density at radius 2 is 1.45 bits per heavy atom. The molecule has 3 atom stereocenters. The summed E-state index contributed by atoms with van der Waals surface area (Å²) in [4.78, 5) is 33.5. The molecule has 0 aromatic heterocycles. The number of amides is 2. The molecule has 0 N–H and O–H groups in total. The molecule has 168 valence electrons. The molecule has 5 nitrogen and oxygen atoms in total. The fourth-order valence-electron chi connectivity index (χ4n) is 4.59. The van der Waals surface area contributed by atoms with E-state index in [0.29, 0.717) is 10.6 Å². The second-order valence-corrected chi connectivity index (χ2v) is 8.04. The Morgan fingerprint density at radius 3 is 2.15 bits per heavy atom. The summed E-state index contributed by atoms with van der Waals surface area (Å²) in [6, 6.07) is 20.3. The molecule has 0 unspecified atom stereocenters. The van der Waals surface area contributed by atoms with E-state index in [0.717, 1.165) is 23.3 Å². The van der Waals surface area contributed by atoms with Gasteiger partial charge in [-0.3, -0.25) is 14.4 Å². The summed E-state index contributed by atoms with van der Waals surface area (Å²) < 4.78 is 40.9. The van der Waals surface area contributed by atoms with E-state index < -0.39 is 47.3 Å². The number of alkyl halides is 3. The number of benzene rings is 3. The van der Waals surface area contributed by atoms with Gasteiger partial charge in [-0.25, -0.2) is 9.96 Å². The number of carbonyl (C=O) groups is 2. The number of hydrogen-bond acceptors (Lipinski definition) is 4. The van der Waals surface area contributed by atoms with Gasteiger partial charge >= 0.3 is 6.18 Å². The highest BCUT2D eigenvalue weighted by Gasteiger charge is 2.61. The summed E-state index contributed by atoms with van der Waals surface area (Å²) in [5.74, 6) is -2.52. The molecule has 2 amide bonds. The van der Waals surface area contributed by atoms with E-state index in [1.54, 1.807) is 24.3 Å². The maximum atomic E-state index is 13.6. The van der Waals surface area contributed by atoms with Gasteiger partial charge in [-0.05, 0) is 42.3 Å². The van der Waals surface area contributed by atoms with Crippen LogP contribution in [0.15, 0.2) is 78.9 Å². The van der Waals surface area contributed by atoms with Crippen molar-refractivity contribution >= 4 is 23.2 Å². The Labute approximate surface area is 187 Å². The van der Waals surface area contributed by atoms with Gasteiger partial charge < -0.3 is 0 Å². The highest BCUT2D eigenvalue weighted by atomic mass is 19.4. The molecule has 2 heterocycles. The highest BCUT2D eigenvalue weighted by Crippen LogP contribution is 2.49. The third-order valence-corrected chi connectivity index (χ3v) is 6.08. The number of aryl methyl sites for hydroxylation is 1. The van der Waals surface area contributed by atoms with Crippen LogP contribution in [0.2, 0.25) is 0 Å². The number of anilines is 2. The molecule has 2 saturated heterocycles. The molecule has 3 aromatic carbocycles. The maximum absolute atomic E-state index is 13.6. The van der Waals surface area contributed by atoms with Crippen molar-refractivity contribution in [2.24, 2.45) is 5.92 Å². The average Bonchev–Trinajstić information content (AvgIpc) is 3.30. The van der Waals surface area contributed by atoms with Crippen molar-refractivity contribution in [3.8, 4) is 0 Å². The van der Waals surface area contributed by atoms with Gasteiger partial charge in [0.15, 0.2) is 6.10 Å². The summed E-state index contributed by atoms with van der Waals surface area (Å²) in [6.45, 7) is 1.88. The lowest BCUT2D eigenvalue weighted by Crippen LogP contribution is -2.38. The van der Waals surface area contributed by atoms with Crippen molar-refractivity contribution in [2.75, 3.05) is 9.96 Å². The van der Waals surface area contributed by atoms with Crippen LogP contribution in [0.5, 0.6) is 0 Å². The lowest BCUT2D eigenvalue weighted by molar-refractivity contribution is -0.137. The van der Waals surface area contributed by atoms with Crippen molar-refractivity contribution < 1.29 is 27.6 Å². The maximum Gasteiger partial charge on any atom is 0.418 e. The zero-order valence-corrected chi connectivity index (χ0v) is 17.5. The molecule has 2 aliphatic heterocycles. The minimum Gasteiger partial charge on any atom is -0.273 e. The molecule has 5 rings (SSSR count). The van der Waals surface area contributed by atoms with Gasteiger partial charge in [0, 0.05) is 0 Å². The number of halogens is 3. The number of fused-ring (bicyclic) bond motifs is 1. The molecule has 2 aliphatic rings. The predicted octanol–water partition coefficient (Wildman–Crippen LogP) is 5.06. The van der Waals surface area contributed by atoms with Crippen molar-refractivity contribution in [2.45, 2.75) is 25.2 Å². The summed E-state index contributed by atoms with van der Waals surface area (Å²) in [5, 5.41) is 1.53. The van der Waals surface area contributed by atoms with Gasteiger partial charge in [0.25, 0.3) is 5.91 Å². The molecule has 0 bridgehead atoms. The minimum absolute atomic E-state index is 0.479. The van der Waals surface area contributed by atoms with Crippen molar-refractivity contribution in [3.05, 3.63) is 95.6 Å². The molecule has 3 aromatic rings. The molecule has 0 saturated carbocycles. The van der Waals surface area contributed by atoms with Crippen molar-refractivity contribution in [1.82, 2.24) is 0 Å². The number of nitrogens with zero attached hydrogens (tertiary/aromatic N) is 2. The smallest absolute Gasteiger partial charge is 0.273 e. The van der Waals surface area contributed by atoms with Gasteiger partial charge in [-0.1, -0.05) is 54.6 Å². The quantitative estimate of drug-likeness (QED) is 0.521. The highest BCUT2D eigenvalue weighted by molar-refractivity contribution is 6.24. The zero-order chi connectivity index (χ0) is 23.3. The van der Waals surface area contributed by atoms with Gasteiger partial charge in [-0.2, -0.15) is 13.2 Å². The van der Waals surface area contributed by atoms with E-state index in [1.807, 2.05) is 37.3 Å². The lowest BCUT2D eigenvalue weighted by Gasteiger charge is -2.30. The standard InChI is InChI=1S/C25H19F3N2O3/c1-15-9-5-6-12-17(15)21-20-22(33-30(21)16-10-3-2-4-11-16)24(32)29(23(20)31)19-14-8-7-13-18(19)25(26,27)28/h2-14,20-22H,1H3/t20-,21-,22-/m1/s1. The van der Waals surface area contributed by atoms with Crippen LogP contribution in [0.25, 0.3) is 0 Å². The number of rotatable bonds is 3. The van der Waals surface area contributed by atoms with E-state index in [9.17, 15) is 22.8 Å². The SMILES string of the molecule is Cc1ccccc1[C@@H]1[C@H]2C(=O)N(c3ccccc3C(F)(F)F)C(=O)[C@@H]2ON1c1ccccc1. The Balaban J connectivity index is 1.62. The van der Waals surface area contributed by atoms with Crippen LogP contribution in [0.1, 0.15) is 22.7 Å². The molecule has 0 radical (unpaired) electrons. The summed E-state index contributed by atoms with van der Waals surface area (Å²) in [6.07, 6.45) is -5.95. The second kappa shape index (κ2) is 7.74. The van der Waals surface area contributed by atoms with E-state index in [-0.39, 0.29) is 0 Å². The van der Waals surface area contributed by atoms with Crippen LogP contribution >= 0.6 is 0 Å². The number of hydroxylamine groups is 1. The first-order valence-electron chi connectivity index (χ1n) is 10.4. The van der Waals surface area contributed by atoms with Crippen LogP contribution in [0, 0.1) is 12.8 Å². The minimum atomic E-state index is -4.72.